The fourth-order valence-corrected chi connectivity index (χ4v) is 27.3. The average molecular weight is 2730 g/mol. The van der Waals surface area contributed by atoms with Crippen molar-refractivity contribution in [3.63, 3.8) is 0 Å². The Labute approximate surface area is 883 Å². The van der Waals surface area contributed by atoms with Crippen LogP contribution in [0.2, 0.25) is 0 Å². The van der Waals surface area contributed by atoms with Crippen molar-refractivity contribution in [3.8, 4) is 0 Å². The minimum atomic E-state index is -4.89. The molecule has 0 aromatic heterocycles. The van der Waals surface area contributed by atoms with Crippen LogP contribution in [0.1, 0.15) is 204 Å². The molecule has 5 aliphatic heterocycles. The summed E-state index contributed by atoms with van der Waals surface area (Å²) in [5.74, 6) is -5.46. The predicted molar refractivity (Wildman–Crippen MR) is 568 cm³/mol. The normalized spacial score (nSPS) is 20.2. The first-order chi connectivity index (χ1) is 63.6. The second kappa shape index (κ2) is 50.1. The summed E-state index contributed by atoms with van der Waals surface area (Å²) in [5.41, 5.74) is 6.00. The third-order valence-corrected chi connectivity index (χ3v) is 40.9. The molecule has 0 spiro atoms. The van der Waals surface area contributed by atoms with Crippen molar-refractivity contribution in [2.24, 2.45) is 0 Å². The predicted octanol–water partition coefficient (Wildman–Crippen LogP) is 15.8. The van der Waals surface area contributed by atoms with E-state index in [-0.39, 0.29) is 110 Å². The number of anilines is 2. The van der Waals surface area contributed by atoms with Gasteiger partial charge >= 0.3 is 11.9 Å². The smallest absolute Gasteiger partial charge is 0.333 e. The molecule has 0 radical (unpaired) electrons. The van der Waals surface area contributed by atoms with Crippen LogP contribution in [0.25, 0.3) is 0 Å². The number of carbonyl (C=O) groups excluding carboxylic acids is 3. The Bertz CT molecular complexity index is 6570. The van der Waals surface area contributed by atoms with Crippen molar-refractivity contribution in [3.05, 3.63) is 189 Å². The van der Waals surface area contributed by atoms with Crippen molar-refractivity contribution in [1.29, 1.82) is 0 Å². The Morgan fingerprint density at radius 2 is 0.715 bits per heavy atom. The van der Waals surface area contributed by atoms with Gasteiger partial charge in [-0.1, -0.05) is 99.3 Å². The van der Waals surface area contributed by atoms with Crippen molar-refractivity contribution in [1.82, 2.24) is 5.06 Å². The summed E-state index contributed by atoms with van der Waals surface area (Å²) in [6.45, 7) is 8.95. The van der Waals surface area contributed by atoms with E-state index in [0.29, 0.717) is 103 Å². The minimum Gasteiger partial charge on any atom is -0.744 e. The summed E-state index contributed by atoms with van der Waals surface area (Å²) < 4.78 is 279. The first-order valence-corrected chi connectivity index (χ1v) is 62.4. The number of hydrogen-bond donors (Lipinski definition) is 7. The number of carboxylic acids is 1. The van der Waals surface area contributed by atoms with Gasteiger partial charge < -0.3 is 28.8 Å². The largest absolute Gasteiger partial charge is 0.744 e. The second-order valence-corrected chi connectivity index (χ2v) is 53.2. The molecule has 0 saturated carbocycles. The molecule has 5 heterocycles. The third kappa shape index (κ3) is 33.5. The van der Waals surface area contributed by atoms with E-state index in [1.165, 1.54) is 36.4 Å². The SMILES string of the molecule is CC1(CCCCS(=O)(=O)O)C(C=CC=CC=CC=C2N(CCCS(=O)(=O)O)c3cc(I)c(I)c(I)c3C2(C)CCCCCC(=O)O)=[N+](CCCCS(=O)(=O)O)c2ccc(S(=O)(=O)[O-])cc21.CC1(CCCCS(=O)(=O)O)C(C=CC=CC=CC=C2N(CCCS(=O)(=O)O)c3cc(I)c(I)c(I)c3C2(C)CCCCCC(=O)ON2C(=O)CCC2=O)=[N+](CCCCS(=O)(=O)O)c2ccc(S(=O)(=O)[O-])cc21. The van der Waals surface area contributed by atoms with E-state index >= 15 is 0 Å². The topological polar surface area (TPSA) is 554 Å². The minimum absolute atomic E-state index is 0.00376. The molecule has 2 amide bonds. The fourth-order valence-electron chi connectivity index (χ4n) is 17.7. The Kier molecular flexibility index (Phi) is 43.0. The number of rotatable bonds is 51. The molecule has 7 N–H and O–H groups in total. The highest BCUT2D eigenvalue weighted by atomic mass is 127. The Morgan fingerprint density at radius 1 is 0.401 bits per heavy atom. The number of aliphatic carboxylic acids is 1. The molecular weight excluding hydrogens is 2620 g/mol. The molecule has 9 rings (SSSR count). The highest BCUT2D eigenvalue weighted by molar-refractivity contribution is 14.1. The van der Waals surface area contributed by atoms with Gasteiger partial charge in [0.2, 0.25) is 11.4 Å². The number of benzene rings is 4. The lowest BCUT2D eigenvalue weighted by Crippen LogP contribution is -2.32. The van der Waals surface area contributed by atoms with Crippen LogP contribution in [-0.4, -0.2) is 219 Å². The highest BCUT2D eigenvalue weighted by Gasteiger charge is 2.51. The molecule has 0 aliphatic carbocycles. The molecule has 5 aliphatic rings. The Hall–Kier alpha value is -4.52. The van der Waals surface area contributed by atoms with Crippen molar-refractivity contribution >= 4 is 274 Å². The Morgan fingerprint density at radius 3 is 1.06 bits per heavy atom. The Balaban J connectivity index is 0.000000338. The zero-order chi connectivity index (χ0) is 102. The number of unbranched alkanes of at least 4 members (excludes halogenated alkanes) is 8. The van der Waals surface area contributed by atoms with E-state index in [9.17, 15) is 128 Å². The molecule has 137 heavy (non-hydrogen) atoms. The van der Waals surface area contributed by atoms with Crippen LogP contribution >= 0.6 is 136 Å². The monoisotopic (exact) mass is 2730 g/mol. The van der Waals surface area contributed by atoms with Crippen molar-refractivity contribution < 1.29 is 142 Å². The number of halogens is 6. The van der Waals surface area contributed by atoms with Crippen LogP contribution in [0.5, 0.6) is 0 Å². The van der Waals surface area contributed by atoms with Gasteiger partial charge in [0.1, 0.15) is 33.3 Å². The fraction of sp³-hybridized carbons (Fsp3) is 0.477. The summed E-state index contributed by atoms with van der Waals surface area (Å²) in [7, 11) is -35.2. The zero-order valence-electron chi connectivity index (χ0n) is 75.0. The first-order valence-electron chi connectivity index (χ1n) is 43.4. The lowest BCUT2D eigenvalue weighted by Gasteiger charge is -2.31. The second-order valence-electron chi connectivity index (χ2n) is 34.4. The first kappa shape index (κ1) is 118. The van der Waals surface area contributed by atoms with E-state index in [1.807, 2.05) is 53.4 Å². The average Bonchev–Trinajstić information content (AvgIpc) is 1.59. The van der Waals surface area contributed by atoms with E-state index in [4.69, 9.17) is 4.84 Å². The van der Waals surface area contributed by atoms with Gasteiger partial charge in [-0.05, 0) is 289 Å². The van der Waals surface area contributed by atoms with Crippen LogP contribution in [0.3, 0.4) is 0 Å². The summed E-state index contributed by atoms with van der Waals surface area (Å²) in [6.07, 6.45) is 32.7. The van der Waals surface area contributed by atoms with Gasteiger partial charge in [0.05, 0.1) is 55.1 Å². The molecule has 49 heteroatoms. The highest BCUT2D eigenvalue weighted by Crippen LogP contribution is 2.57. The van der Waals surface area contributed by atoms with Gasteiger partial charge in [0.15, 0.2) is 11.4 Å². The third-order valence-electron chi connectivity index (χ3n) is 24.2. The lowest BCUT2D eigenvalue weighted by molar-refractivity contribution is -0.438. The lowest BCUT2D eigenvalue weighted by atomic mass is 9.75. The number of carboxylic acid groups (broad SMARTS) is 1. The van der Waals surface area contributed by atoms with E-state index in [0.717, 1.165) is 61.7 Å². The molecule has 35 nitrogen and oxygen atoms in total. The molecule has 1 saturated heterocycles. The van der Waals surface area contributed by atoms with E-state index < -0.39 is 171 Å². The quantitative estimate of drug-likeness (QED) is 0.00410. The number of nitrogens with zero attached hydrogens (tertiary/aromatic N) is 5. The summed E-state index contributed by atoms with van der Waals surface area (Å²) in [5, 5.41) is 9.73. The van der Waals surface area contributed by atoms with E-state index in [2.05, 4.69) is 171 Å². The van der Waals surface area contributed by atoms with Gasteiger partial charge in [-0.3, -0.25) is 41.7 Å². The molecule has 756 valence electrons. The molecule has 4 aromatic carbocycles. The number of allylic oxidation sites excluding steroid dienone is 16. The number of hydroxylamine groups is 2. The van der Waals surface area contributed by atoms with Gasteiger partial charge in [-0.25, -0.2) is 21.6 Å². The van der Waals surface area contributed by atoms with Crippen LogP contribution in [0, 0.1) is 21.4 Å². The molecule has 4 atom stereocenters. The number of amides is 2. The van der Waals surface area contributed by atoms with Gasteiger partial charge in [0.25, 0.3) is 72.5 Å². The summed E-state index contributed by atoms with van der Waals surface area (Å²) >= 11 is 13.8. The number of hydrogen-bond acceptors (Lipinski definition) is 25. The molecule has 0 bridgehead atoms. The standard InChI is InChI=1S/C46H56I3N3O16S4.C42H53I3N2O14S4/c1-45(23-11-13-27-69(56,57)58)33-30-32(72(65,66)67)19-20-35(33)50(25-12-14-28-70(59,60)61)37(45)16-7-4-3-5-8-17-38-46(2,24-10-6-9-18-41(55)68-52-39(53)21-22-40(52)54)42-36(31-34(47)43(48)44(42)49)51(38)26-15-29-71(62,63)64;1-41(21-11-13-25-62(50,51)52)31-28-30(65(59,60)61)19-20-33(31)46(23-12-14-26-63(53,54)55)35(41)16-7-4-3-5-8-17-36-42(2,22-10-6-9-18-37(48)49)38-34(29-32(43)39(44)40(38)45)47(36)24-15-27-64(56,57)58/h3-5,7-8,16-17,19-20,30-31H,6,9-15,18,21-29H2,1-2H3,(H3-,56,57,58,59,60,61,62,63,64,65,66,67);3-5,7-8,16-17,19-20,28-29H,6,9-15,18,21-27H2,1-2H3,(H4-,48,49,50,51,52,53,54,55,56,57,58,59,60,61). The van der Waals surface area contributed by atoms with Gasteiger partial charge in [-0.15, -0.1) is 5.06 Å². The number of fused-ring (bicyclic) bond motifs is 4. The number of imide groups is 1. The van der Waals surface area contributed by atoms with Crippen LogP contribution in [-0.2, 0) is 127 Å². The maximum absolute atomic E-state index is 12.5. The van der Waals surface area contributed by atoms with Crippen LogP contribution in [0.4, 0.5) is 22.7 Å². The van der Waals surface area contributed by atoms with Crippen molar-refractivity contribution in [2.75, 3.05) is 70.5 Å². The van der Waals surface area contributed by atoms with Gasteiger partial charge in [0, 0.05) is 153 Å². The molecule has 4 aromatic rings. The molecule has 4 unspecified atom stereocenters. The molecule has 1 fully saturated rings. The molecular formula is C88H109I6N5O30S8. The van der Waals surface area contributed by atoms with E-state index in [1.54, 1.807) is 54.7 Å². The van der Waals surface area contributed by atoms with Gasteiger partial charge in [-0.2, -0.15) is 59.7 Å². The zero-order valence-corrected chi connectivity index (χ0v) is 94.5. The maximum Gasteiger partial charge on any atom is 0.333 e. The number of carbonyl (C=O) groups is 4. The summed E-state index contributed by atoms with van der Waals surface area (Å²) in [4.78, 5) is 55.9. The van der Waals surface area contributed by atoms with Crippen molar-refractivity contribution in [2.45, 2.75) is 213 Å². The van der Waals surface area contributed by atoms with Crippen LogP contribution in [0.15, 0.2) is 155 Å². The maximum atomic E-state index is 12.5. The van der Waals surface area contributed by atoms with Crippen LogP contribution < -0.4 is 9.80 Å². The summed E-state index contributed by atoms with van der Waals surface area (Å²) in [6, 6.07) is 12.1.